The third kappa shape index (κ3) is 4.30. The highest BCUT2D eigenvalue weighted by Gasteiger charge is 2.24. The van der Waals surface area contributed by atoms with Crippen LogP contribution < -0.4 is 11.1 Å². The van der Waals surface area contributed by atoms with Crippen LogP contribution in [0, 0.1) is 0 Å². The first-order valence-electron chi connectivity index (χ1n) is 6.59. The Labute approximate surface area is 122 Å². The Kier molecular flexibility index (Phi) is 4.96. The van der Waals surface area contributed by atoms with Crippen LogP contribution in [0.15, 0.2) is 28.7 Å². The molecular formula is C14H20BrN3O. The molecule has 1 fully saturated rings. The zero-order valence-corrected chi connectivity index (χ0v) is 12.7. The molecule has 0 saturated carbocycles. The summed E-state index contributed by atoms with van der Waals surface area (Å²) in [4.78, 5) is 14.2. The summed E-state index contributed by atoms with van der Waals surface area (Å²) in [7, 11) is 0. The zero-order valence-electron chi connectivity index (χ0n) is 11.1. The molecule has 1 aliphatic rings. The minimum atomic E-state index is 0.0321. The van der Waals surface area contributed by atoms with Crippen molar-refractivity contribution in [2.75, 3.05) is 18.4 Å². The van der Waals surface area contributed by atoms with Crippen LogP contribution in [0.1, 0.15) is 19.8 Å². The number of amides is 1. The van der Waals surface area contributed by atoms with Crippen molar-refractivity contribution in [3.8, 4) is 0 Å². The summed E-state index contributed by atoms with van der Waals surface area (Å²) in [5.74, 6) is 0.0321. The van der Waals surface area contributed by atoms with Crippen LogP contribution in [0.4, 0.5) is 5.69 Å². The van der Waals surface area contributed by atoms with Gasteiger partial charge in [0.15, 0.2) is 0 Å². The number of piperidine rings is 1. The highest BCUT2D eigenvalue weighted by molar-refractivity contribution is 9.10. The van der Waals surface area contributed by atoms with Gasteiger partial charge in [-0.25, -0.2) is 0 Å². The predicted octanol–water partition coefficient (Wildman–Crippen LogP) is 2.20. The molecule has 1 heterocycles. The first kappa shape index (κ1) is 14.5. The van der Waals surface area contributed by atoms with E-state index in [-0.39, 0.29) is 11.9 Å². The summed E-state index contributed by atoms with van der Waals surface area (Å²) >= 11 is 3.37. The van der Waals surface area contributed by atoms with Gasteiger partial charge in [0.1, 0.15) is 0 Å². The maximum absolute atomic E-state index is 12.0. The smallest absolute Gasteiger partial charge is 0.238 e. The number of nitrogens with two attached hydrogens (primary N) is 1. The summed E-state index contributed by atoms with van der Waals surface area (Å²) in [5.41, 5.74) is 6.75. The van der Waals surface area contributed by atoms with Crippen LogP contribution in [0.2, 0.25) is 0 Å². The van der Waals surface area contributed by atoms with Crippen molar-refractivity contribution >= 4 is 27.5 Å². The van der Waals surface area contributed by atoms with Gasteiger partial charge >= 0.3 is 0 Å². The topological polar surface area (TPSA) is 58.4 Å². The van der Waals surface area contributed by atoms with E-state index in [1.54, 1.807) is 0 Å². The van der Waals surface area contributed by atoms with E-state index in [1.165, 1.54) is 0 Å². The van der Waals surface area contributed by atoms with Crippen molar-refractivity contribution in [1.82, 2.24) is 4.90 Å². The number of anilines is 1. The molecule has 0 radical (unpaired) electrons. The van der Waals surface area contributed by atoms with E-state index in [9.17, 15) is 4.79 Å². The van der Waals surface area contributed by atoms with E-state index in [1.807, 2.05) is 24.3 Å². The lowest BCUT2D eigenvalue weighted by molar-refractivity contribution is -0.118. The number of rotatable bonds is 3. The Hall–Kier alpha value is -0.910. The lowest BCUT2D eigenvalue weighted by atomic mass is 9.99. The second-order valence-electron chi connectivity index (χ2n) is 5.16. The number of hydrogen-bond acceptors (Lipinski definition) is 3. The van der Waals surface area contributed by atoms with Crippen molar-refractivity contribution in [3.63, 3.8) is 0 Å². The fourth-order valence-electron chi connectivity index (χ4n) is 2.41. The molecule has 1 aromatic carbocycles. The third-order valence-electron chi connectivity index (χ3n) is 3.53. The molecule has 0 aliphatic carbocycles. The predicted molar refractivity (Wildman–Crippen MR) is 81.0 cm³/mol. The number of carbonyl (C=O) groups is 1. The SMILES string of the molecule is CC1CC(N)CCN1CC(=O)Nc1ccc(Br)cc1. The summed E-state index contributed by atoms with van der Waals surface area (Å²) < 4.78 is 1.00. The molecular weight excluding hydrogens is 306 g/mol. The standard InChI is InChI=1S/C14H20BrN3O/c1-10-8-12(16)6-7-18(10)9-14(19)17-13-4-2-11(15)3-5-13/h2-5,10,12H,6-9,16H2,1H3,(H,17,19). The highest BCUT2D eigenvalue weighted by Crippen LogP contribution is 2.17. The second kappa shape index (κ2) is 6.50. The van der Waals surface area contributed by atoms with Gasteiger partial charge in [0.25, 0.3) is 0 Å². The number of nitrogens with one attached hydrogen (secondary N) is 1. The molecule has 0 spiro atoms. The normalized spacial score (nSPS) is 24.2. The Bertz CT molecular complexity index is 435. The van der Waals surface area contributed by atoms with Gasteiger partial charge in [-0.2, -0.15) is 0 Å². The van der Waals surface area contributed by atoms with E-state index in [2.05, 4.69) is 33.1 Å². The van der Waals surface area contributed by atoms with Gasteiger partial charge in [-0.1, -0.05) is 15.9 Å². The molecule has 2 atom stereocenters. The molecule has 1 saturated heterocycles. The van der Waals surface area contributed by atoms with Crippen molar-refractivity contribution in [2.45, 2.75) is 31.8 Å². The number of carbonyl (C=O) groups excluding carboxylic acids is 1. The maximum atomic E-state index is 12.0. The fourth-order valence-corrected chi connectivity index (χ4v) is 2.67. The van der Waals surface area contributed by atoms with E-state index < -0.39 is 0 Å². The van der Waals surface area contributed by atoms with Crippen LogP contribution in [0.3, 0.4) is 0 Å². The highest BCUT2D eigenvalue weighted by atomic mass is 79.9. The molecule has 0 bridgehead atoms. The number of benzene rings is 1. The fraction of sp³-hybridized carbons (Fsp3) is 0.500. The molecule has 1 aliphatic heterocycles. The van der Waals surface area contributed by atoms with Crippen LogP contribution in [-0.2, 0) is 4.79 Å². The summed E-state index contributed by atoms with van der Waals surface area (Å²) in [5, 5.41) is 2.92. The van der Waals surface area contributed by atoms with Crippen LogP contribution in [-0.4, -0.2) is 36.0 Å². The molecule has 5 heteroatoms. The molecule has 2 rings (SSSR count). The molecule has 3 N–H and O–H groups in total. The number of hydrogen-bond donors (Lipinski definition) is 2. The Balaban J connectivity index is 1.85. The third-order valence-corrected chi connectivity index (χ3v) is 4.06. The van der Waals surface area contributed by atoms with Crippen molar-refractivity contribution in [3.05, 3.63) is 28.7 Å². The summed E-state index contributed by atoms with van der Waals surface area (Å²) in [6, 6.07) is 8.26. The average Bonchev–Trinajstić information content (AvgIpc) is 2.36. The zero-order chi connectivity index (χ0) is 13.8. The lowest BCUT2D eigenvalue weighted by Gasteiger charge is -2.35. The van der Waals surface area contributed by atoms with Gasteiger partial charge in [0, 0.05) is 28.8 Å². The van der Waals surface area contributed by atoms with Gasteiger partial charge < -0.3 is 11.1 Å². The molecule has 4 nitrogen and oxygen atoms in total. The Morgan fingerprint density at radius 3 is 2.79 bits per heavy atom. The number of nitrogens with zero attached hydrogens (tertiary/aromatic N) is 1. The molecule has 0 aromatic heterocycles. The van der Waals surface area contributed by atoms with Crippen molar-refractivity contribution < 1.29 is 4.79 Å². The minimum Gasteiger partial charge on any atom is -0.328 e. The van der Waals surface area contributed by atoms with Crippen LogP contribution in [0.5, 0.6) is 0 Å². The van der Waals surface area contributed by atoms with Gasteiger partial charge in [-0.3, -0.25) is 9.69 Å². The van der Waals surface area contributed by atoms with Crippen LogP contribution in [0.25, 0.3) is 0 Å². The molecule has 19 heavy (non-hydrogen) atoms. The summed E-state index contributed by atoms with van der Waals surface area (Å²) in [6.07, 6.45) is 1.93. The number of halogens is 1. The quantitative estimate of drug-likeness (QED) is 0.895. The lowest BCUT2D eigenvalue weighted by Crippen LogP contribution is -2.48. The van der Waals surface area contributed by atoms with E-state index in [0.717, 1.165) is 29.5 Å². The number of likely N-dealkylation sites (tertiary alicyclic amines) is 1. The van der Waals surface area contributed by atoms with Gasteiger partial charge in [0.05, 0.1) is 6.54 Å². The molecule has 1 amide bonds. The van der Waals surface area contributed by atoms with Crippen molar-refractivity contribution in [2.24, 2.45) is 5.73 Å². The largest absolute Gasteiger partial charge is 0.328 e. The Morgan fingerprint density at radius 2 is 2.16 bits per heavy atom. The Morgan fingerprint density at radius 1 is 1.47 bits per heavy atom. The van der Waals surface area contributed by atoms with Crippen LogP contribution >= 0.6 is 15.9 Å². The van der Waals surface area contributed by atoms with Gasteiger partial charge in [0.2, 0.25) is 5.91 Å². The van der Waals surface area contributed by atoms with E-state index in [4.69, 9.17) is 5.73 Å². The first-order chi connectivity index (χ1) is 9.04. The average molecular weight is 326 g/mol. The van der Waals surface area contributed by atoms with Crippen molar-refractivity contribution in [1.29, 1.82) is 0 Å². The first-order valence-corrected chi connectivity index (χ1v) is 7.39. The van der Waals surface area contributed by atoms with Gasteiger partial charge in [-0.15, -0.1) is 0 Å². The minimum absolute atomic E-state index is 0.0321. The molecule has 104 valence electrons. The van der Waals surface area contributed by atoms with E-state index in [0.29, 0.717) is 12.6 Å². The monoisotopic (exact) mass is 325 g/mol. The second-order valence-corrected chi connectivity index (χ2v) is 6.07. The molecule has 1 aromatic rings. The molecule has 2 unspecified atom stereocenters. The maximum Gasteiger partial charge on any atom is 0.238 e. The van der Waals surface area contributed by atoms with Gasteiger partial charge in [-0.05, 0) is 44.0 Å². The summed E-state index contributed by atoms with van der Waals surface area (Å²) in [6.45, 7) is 3.46. The van der Waals surface area contributed by atoms with E-state index >= 15 is 0 Å².